The third kappa shape index (κ3) is 2.60. The van der Waals surface area contributed by atoms with Crippen molar-refractivity contribution in [1.82, 2.24) is 4.98 Å². The van der Waals surface area contributed by atoms with E-state index in [-0.39, 0.29) is 5.54 Å². The molecule has 3 rings (SSSR count). The van der Waals surface area contributed by atoms with Crippen LogP contribution < -0.4 is 11.1 Å². The molecule has 0 saturated carbocycles. The predicted molar refractivity (Wildman–Crippen MR) is 85.9 cm³/mol. The van der Waals surface area contributed by atoms with Crippen LogP contribution in [0, 0.1) is 0 Å². The molecule has 1 fully saturated rings. The van der Waals surface area contributed by atoms with Gasteiger partial charge in [0.05, 0.1) is 23.1 Å². The average molecular weight is 336 g/mol. The SMILES string of the molecule is CC1(Nc2cnc3ccc(Br)cc3c2N)CCOCC1. The fourth-order valence-electron chi connectivity index (χ4n) is 2.56. The van der Waals surface area contributed by atoms with E-state index in [0.717, 1.165) is 52.8 Å². The summed E-state index contributed by atoms with van der Waals surface area (Å²) in [4.78, 5) is 4.49. The van der Waals surface area contributed by atoms with Crippen LogP contribution in [0.1, 0.15) is 19.8 Å². The normalized spacial score (nSPS) is 18.1. The first-order valence-corrected chi connectivity index (χ1v) is 7.56. The predicted octanol–water partition coefficient (Wildman–Crippen LogP) is 3.56. The van der Waals surface area contributed by atoms with Crippen LogP contribution in [0.25, 0.3) is 10.9 Å². The molecular weight excluding hydrogens is 318 g/mol. The Morgan fingerprint density at radius 3 is 2.85 bits per heavy atom. The van der Waals surface area contributed by atoms with Gasteiger partial charge in [0.1, 0.15) is 0 Å². The van der Waals surface area contributed by atoms with E-state index in [2.05, 4.69) is 33.2 Å². The van der Waals surface area contributed by atoms with Gasteiger partial charge in [0, 0.05) is 28.6 Å². The van der Waals surface area contributed by atoms with Crippen LogP contribution in [0.15, 0.2) is 28.9 Å². The minimum Gasteiger partial charge on any atom is -0.396 e. The molecular formula is C15H18BrN3O. The second kappa shape index (κ2) is 5.22. The van der Waals surface area contributed by atoms with Crippen molar-refractivity contribution >= 4 is 38.2 Å². The molecule has 0 bridgehead atoms. The van der Waals surface area contributed by atoms with Gasteiger partial charge in [-0.05, 0) is 38.0 Å². The fraction of sp³-hybridized carbons (Fsp3) is 0.400. The van der Waals surface area contributed by atoms with Crippen molar-refractivity contribution in [3.8, 4) is 0 Å². The summed E-state index contributed by atoms with van der Waals surface area (Å²) >= 11 is 3.48. The fourth-order valence-corrected chi connectivity index (χ4v) is 2.92. The maximum atomic E-state index is 6.31. The Kier molecular flexibility index (Phi) is 3.56. The number of nitrogens with two attached hydrogens (primary N) is 1. The first-order valence-electron chi connectivity index (χ1n) is 6.77. The van der Waals surface area contributed by atoms with Crippen LogP contribution in [-0.4, -0.2) is 23.7 Å². The van der Waals surface area contributed by atoms with Crippen LogP contribution >= 0.6 is 15.9 Å². The summed E-state index contributed by atoms with van der Waals surface area (Å²) in [6.45, 7) is 3.78. The number of aromatic nitrogens is 1. The van der Waals surface area contributed by atoms with Crippen molar-refractivity contribution in [1.29, 1.82) is 0 Å². The summed E-state index contributed by atoms with van der Waals surface area (Å²) in [5.41, 5.74) is 8.90. The van der Waals surface area contributed by atoms with Crippen LogP contribution in [0.5, 0.6) is 0 Å². The largest absolute Gasteiger partial charge is 0.396 e. The summed E-state index contributed by atoms with van der Waals surface area (Å²) in [5.74, 6) is 0. The summed E-state index contributed by atoms with van der Waals surface area (Å²) in [6.07, 6.45) is 3.78. The topological polar surface area (TPSA) is 60.2 Å². The van der Waals surface area contributed by atoms with Crippen molar-refractivity contribution in [2.24, 2.45) is 0 Å². The summed E-state index contributed by atoms with van der Waals surface area (Å²) < 4.78 is 6.43. The zero-order valence-corrected chi connectivity index (χ0v) is 13.0. The Bertz CT molecular complexity index is 638. The second-order valence-corrected chi connectivity index (χ2v) is 6.46. The highest BCUT2D eigenvalue weighted by Gasteiger charge is 2.27. The van der Waals surface area contributed by atoms with Crippen molar-refractivity contribution in [3.05, 3.63) is 28.9 Å². The molecule has 2 aromatic rings. The molecule has 1 aliphatic rings. The standard InChI is InChI=1S/C15H18BrN3O/c1-15(4-6-20-7-5-15)19-13-9-18-12-3-2-10(16)8-11(12)14(13)17/h2-3,8-9,19H,4-7H2,1H3,(H2,17,18). The lowest BCUT2D eigenvalue weighted by Crippen LogP contribution is -2.40. The minimum absolute atomic E-state index is 0.0216. The lowest BCUT2D eigenvalue weighted by atomic mass is 9.92. The molecule has 0 aliphatic carbocycles. The Labute approximate surface area is 126 Å². The molecule has 106 valence electrons. The van der Waals surface area contributed by atoms with Crippen molar-refractivity contribution in [2.45, 2.75) is 25.3 Å². The minimum atomic E-state index is 0.0216. The molecule has 1 saturated heterocycles. The number of fused-ring (bicyclic) bond motifs is 1. The number of nitrogen functional groups attached to an aromatic ring is 1. The maximum Gasteiger partial charge on any atom is 0.0771 e. The van der Waals surface area contributed by atoms with E-state index >= 15 is 0 Å². The van der Waals surface area contributed by atoms with Crippen LogP contribution in [-0.2, 0) is 4.74 Å². The molecule has 0 amide bonds. The highest BCUT2D eigenvalue weighted by Crippen LogP contribution is 2.33. The zero-order chi connectivity index (χ0) is 14.2. The van der Waals surface area contributed by atoms with Gasteiger partial charge in [-0.2, -0.15) is 0 Å². The van der Waals surface area contributed by atoms with Gasteiger partial charge in [-0.3, -0.25) is 4.98 Å². The Morgan fingerprint density at radius 1 is 1.35 bits per heavy atom. The van der Waals surface area contributed by atoms with E-state index in [9.17, 15) is 0 Å². The van der Waals surface area contributed by atoms with Gasteiger partial charge in [0.15, 0.2) is 0 Å². The maximum absolute atomic E-state index is 6.31. The first-order chi connectivity index (χ1) is 9.57. The number of pyridine rings is 1. The Morgan fingerprint density at radius 2 is 2.10 bits per heavy atom. The summed E-state index contributed by atoms with van der Waals surface area (Å²) in [7, 11) is 0. The van der Waals surface area contributed by atoms with Crippen molar-refractivity contribution < 1.29 is 4.74 Å². The molecule has 1 aliphatic heterocycles. The molecule has 1 aromatic heterocycles. The number of hydrogen-bond acceptors (Lipinski definition) is 4. The van der Waals surface area contributed by atoms with E-state index in [1.165, 1.54) is 0 Å². The number of ether oxygens (including phenoxy) is 1. The quantitative estimate of drug-likeness (QED) is 0.880. The number of anilines is 2. The van der Waals surface area contributed by atoms with Gasteiger partial charge in [0.25, 0.3) is 0 Å². The van der Waals surface area contributed by atoms with E-state index in [1.807, 2.05) is 24.4 Å². The Balaban J connectivity index is 1.97. The van der Waals surface area contributed by atoms with Crippen LogP contribution in [0.2, 0.25) is 0 Å². The second-order valence-electron chi connectivity index (χ2n) is 5.55. The monoisotopic (exact) mass is 335 g/mol. The number of hydrogen-bond donors (Lipinski definition) is 2. The molecule has 3 N–H and O–H groups in total. The molecule has 0 spiro atoms. The third-order valence-electron chi connectivity index (χ3n) is 3.90. The highest BCUT2D eigenvalue weighted by atomic mass is 79.9. The molecule has 0 atom stereocenters. The van der Waals surface area contributed by atoms with E-state index in [4.69, 9.17) is 10.5 Å². The summed E-state index contributed by atoms with van der Waals surface area (Å²) in [5, 5.41) is 4.53. The molecule has 2 heterocycles. The van der Waals surface area contributed by atoms with Crippen molar-refractivity contribution in [3.63, 3.8) is 0 Å². The molecule has 4 nitrogen and oxygen atoms in total. The number of nitrogens with one attached hydrogen (secondary N) is 1. The van der Waals surface area contributed by atoms with Gasteiger partial charge in [0.2, 0.25) is 0 Å². The number of benzene rings is 1. The first kappa shape index (κ1) is 13.6. The van der Waals surface area contributed by atoms with Gasteiger partial charge in [-0.1, -0.05) is 15.9 Å². The number of rotatable bonds is 2. The lowest BCUT2D eigenvalue weighted by molar-refractivity contribution is 0.0658. The van der Waals surface area contributed by atoms with Crippen LogP contribution in [0.4, 0.5) is 11.4 Å². The van der Waals surface area contributed by atoms with E-state index < -0.39 is 0 Å². The smallest absolute Gasteiger partial charge is 0.0771 e. The molecule has 0 unspecified atom stereocenters. The van der Waals surface area contributed by atoms with E-state index in [1.54, 1.807) is 0 Å². The summed E-state index contributed by atoms with van der Waals surface area (Å²) in [6, 6.07) is 5.95. The van der Waals surface area contributed by atoms with Gasteiger partial charge < -0.3 is 15.8 Å². The Hall–Kier alpha value is -1.33. The van der Waals surface area contributed by atoms with Crippen molar-refractivity contribution in [2.75, 3.05) is 24.3 Å². The third-order valence-corrected chi connectivity index (χ3v) is 4.40. The van der Waals surface area contributed by atoms with E-state index in [0.29, 0.717) is 0 Å². The number of halogens is 1. The average Bonchev–Trinajstić information content (AvgIpc) is 2.43. The highest BCUT2D eigenvalue weighted by molar-refractivity contribution is 9.10. The van der Waals surface area contributed by atoms with Gasteiger partial charge in [-0.25, -0.2) is 0 Å². The molecule has 1 aromatic carbocycles. The molecule has 20 heavy (non-hydrogen) atoms. The number of nitrogens with zero attached hydrogens (tertiary/aromatic N) is 1. The van der Waals surface area contributed by atoms with Crippen LogP contribution in [0.3, 0.4) is 0 Å². The zero-order valence-electron chi connectivity index (χ0n) is 11.4. The van der Waals surface area contributed by atoms with Gasteiger partial charge >= 0.3 is 0 Å². The lowest BCUT2D eigenvalue weighted by Gasteiger charge is -2.35. The molecule has 5 heteroatoms. The molecule has 0 radical (unpaired) electrons. The van der Waals surface area contributed by atoms with Gasteiger partial charge in [-0.15, -0.1) is 0 Å².